The number of anilines is 1. The highest BCUT2D eigenvalue weighted by atomic mass is 35.5. The lowest BCUT2D eigenvalue weighted by Gasteiger charge is -2.32. The van der Waals surface area contributed by atoms with Crippen LogP contribution in [-0.4, -0.2) is 80.6 Å². The minimum atomic E-state index is 0. The molecule has 0 saturated carbocycles. The molecule has 1 aromatic heterocycles. The molecule has 0 amide bonds. The first-order valence-corrected chi connectivity index (χ1v) is 12.7. The molecular weight excluding hydrogens is 490 g/mol. The molecule has 1 fully saturated rings. The molecule has 0 radical (unpaired) electrons. The first-order valence-electron chi connectivity index (χ1n) is 12.7. The van der Waals surface area contributed by atoms with Crippen LogP contribution in [-0.2, 0) is 17.9 Å². The third-order valence-corrected chi connectivity index (χ3v) is 6.62. The van der Waals surface area contributed by atoms with Gasteiger partial charge in [0.25, 0.3) is 0 Å². The predicted molar refractivity (Wildman–Crippen MR) is 151 cm³/mol. The zero-order valence-corrected chi connectivity index (χ0v) is 23.2. The van der Waals surface area contributed by atoms with Gasteiger partial charge in [-0.15, -0.1) is 17.5 Å². The monoisotopic (exact) mass is 529 g/mol. The van der Waals surface area contributed by atoms with Crippen LogP contribution in [0.5, 0.6) is 11.5 Å². The summed E-state index contributed by atoms with van der Waals surface area (Å²) in [6, 6.07) is 14.9. The SMILES string of the molecule is COCc1nnc(NC2CCN(Cc3ccc(OCCCN(C)C)cc3)CC2)c2cc(OC)ccc12.Cl. The molecule has 0 bridgehead atoms. The van der Waals surface area contributed by atoms with Crippen LogP contribution in [0.3, 0.4) is 0 Å². The Morgan fingerprint density at radius 2 is 1.70 bits per heavy atom. The highest BCUT2D eigenvalue weighted by molar-refractivity contribution is 5.94. The number of halogens is 1. The van der Waals surface area contributed by atoms with Gasteiger partial charge < -0.3 is 24.4 Å². The van der Waals surface area contributed by atoms with Crippen molar-refractivity contribution in [2.45, 2.75) is 38.5 Å². The van der Waals surface area contributed by atoms with Crippen LogP contribution in [0.25, 0.3) is 10.8 Å². The van der Waals surface area contributed by atoms with Crippen LogP contribution in [0.1, 0.15) is 30.5 Å². The number of benzene rings is 2. The van der Waals surface area contributed by atoms with Crippen molar-refractivity contribution in [1.82, 2.24) is 20.0 Å². The average molecular weight is 530 g/mol. The molecule has 1 aliphatic rings. The number of fused-ring (bicyclic) bond motifs is 1. The molecule has 8 nitrogen and oxygen atoms in total. The average Bonchev–Trinajstić information content (AvgIpc) is 2.89. The molecule has 1 N–H and O–H groups in total. The molecule has 2 aromatic carbocycles. The Morgan fingerprint density at radius 3 is 2.38 bits per heavy atom. The molecule has 0 aliphatic carbocycles. The van der Waals surface area contributed by atoms with E-state index in [-0.39, 0.29) is 12.4 Å². The Labute approximate surface area is 226 Å². The summed E-state index contributed by atoms with van der Waals surface area (Å²) in [4.78, 5) is 4.69. The Morgan fingerprint density at radius 1 is 0.973 bits per heavy atom. The van der Waals surface area contributed by atoms with E-state index in [4.69, 9.17) is 14.2 Å². The first kappa shape index (κ1) is 28.9. The van der Waals surface area contributed by atoms with Crippen LogP contribution < -0.4 is 14.8 Å². The summed E-state index contributed by atoms with van der Waals surface area (Å²) in [5.41, 5.74) is 2.15. The van der Waals surface area contributed by atoms with Gasteiger partial charge >= 0.3 is 0 Å². The molecule has 3 aromatic rings. The maximum Gasteiger partial charge on any atom is 0.156 e. The van der Waals surface area contributed by atoms with Gasteiger partial charge in [0.1, 0.15) is 11.5 Å². The number of rotatable bonds is 12. The number of nitrogens with one attached hydrogen (secondary N) is 1. The van der Waals surface area contributed by atoms with E-state index >= 15 is 0 Å². The van der Waals surface area contributed by atoms with Gasteiger partial charge in [0.15, 0.2) is 5.82 Å². The highest BCUT2D eigenvalue weighted by Gasteiger charge is 2.21. The molecule has 37 heavy (non-hydrogen) atoms. The molecule has 202 valence electrons. The Kier molecular flexibility index (Phi) is 11.2. The number of likely N-dealkylation sites (tertiary alicyclic amines) is 1. The lowest BCUT2D eigenvalue weighted by Crippen LogP contribution is -2.38. The van der Waals surface area contributed by atoms with Crippen molar-refractivity contribution in [1.29, 1.82) is 0 Å². The molecule has 0 spiro atoms. The number of methoxy groups -OCH3 is 2. The highest BCUT2D eigenvalue weighted by Crippen LogP contribution is 2.29. The van der Waals surface area contributed by atoms with E-state index in [0.29, 0.717) is 12.6 Å². The van der Waals surface area contributed by atoms with Crippen molar-refractivity contribution in [2.75, 3.05) is 59.9 Å². The molecule has 4 rings (SSSR count). The molecule has 0 unspecified atom stereocenters. The largest absolute Gasteiger partial charge is 0.497 e. The van der Waals surface area contributed by atoms with Gasteiger partial charge in [-0.25, -0.2) is 0 Å². The van der Waals surface area contributed by atoms with Gasteiger partial charge in [-0.2, -0.15) is 5.10 Å². The maximum absolute atomic E-state index is 5.86. The fraction of sp³-hybridized carbons (Fsp3) is 0.500. The second-order valence-corrected chi connectivity index (χ2v) is 9.68. The van der Waals surface area contributed by atoms with Crippen LogP contribution in [0.15, 0.2) is 42.5 Å². The normalized spacial score (nSPS) is 14.5. The van der Waals surface area contributed by atoms with E-state index < -0.39 is 0 Å². The number of aromatic nitrogens is 2. The second-order valence-electron chi connectivity index (χ2n) is 9.68. The molecular formula is C28H40ClN5O3. The maximum atomic E-state index is 5.86. The molecule has 0 atom stereocenters. The van der Waals surface area contributed by atoms with E-state index in [2.05, 4.69) is 63.7 Å². The van der Waals surface area contributed by atoms with E-state index in [1.54, 1.807) is 14.2 Å². The van der Waals surface area contributed by atoms with Gasteiger partial charge in [-0.1, -0.05) is 12.1 Å². The van der Waals surface area contributed by atoms with Gasteiger partial charge in [-0.05, 0) is 69.3 Å². The molecule has 2 heterocycles. The summed E-state index contributed by atoms with van der Waals surface area (Å²) in [5.74, 6) is 2.56. The Bertz CT molecular complexity index is 1100. The molecule has 1 saturated heterocycles. The third-order valence-electron chi connectivity index (χ3n) is 6.62. The number of hydrogen-bond donors (Lipinski definition) is 1. The van der Waals surface area contributed by atoms with Gasteiger partial charge in [0, 0.05) is 50.1 Å². The zero-order chi connectivity index (χ0) is 25.3. The van der Waals surface area contributed by atoms with E-state index in [0.717, 1.165) is 85.8 Å². The van der Waals surface area contributed by atoms with Crippen LogP contribution in [0.4, 0.5) is 5.82 Å². The number of hydrogen-bond acceptors (Lipinski definition) is 8. The molecule has 1 aliphatic heterocycles. The van der Waals surface area contributed by atoms with Crippen LogP contribution in [0, 0.1) is 0 Å². The number of nitrogens with zero attached hydrogens (tertiary/aromatic N) is 4. The fourth-order valence-electron chi connectivity index (χ4n) is 4.61. The van der Waals surface area contributed by atoms with E-state index in [9.17, 15) is 0 Å². The zero-order valence-electron chi connectivity index (χ0n) is 22.4. The summed E-state index contributed by atoms with van der Waals surface area (Å²) in [7, 11) is 7.53. The van der Waals surface area contributed by atoms with Crippen molar-refractivity contribution < 1.29 is 14.2 Å². The lowest BCUT2D eigenvalue weighted by atomic mass is 10.0. The Balaban J connectivity index is 0.00000380. The minimum Gasteiger partial charge on any atom is -0.497 e. The standard InChI is InChI=1S/C28H39N5O3.ClH/c1-32(2)14-5-17-36-23-8-6-21(7-9-23)19-33-15-12-22(13-16-33)29-28-26-18-24(35-4)10-11-25(26)27(20-34-3)30-31-28;/h6-11,18,22H,5,12-17,19-20H2,1-4H3,(H,29,31);1H. The van der Waals surface area contributed by atoms with Gasteiger partial charge in [0.05, 0.1) is 26.0 Å². The summed E-state index contributed by atoms with van der Waals surface area (Å²) in [5, 5.41) is 14.6. The summed E-state index contributed by atoms with van der Waals surface area (Å²) in [6.45, 7) is 5.25. The third kappa shape index (κ3) is 8.17. The quantitative estimate of drug-likeness (QED) is 0.341. The number of ether oxygens (including phenoxy) is 3. The minimum absolute atomic E-state index is 0. The van der Waals surface area contributed by atoms with Crippen LogP contribution in [0.2, 0.25) is 0 Å². The van der Waals surface area contributed by atoms with E-state index in [1.165, 1.54) is 5.56 Å². The smallest absolute Gasteiger partial charge is 0.156 e. The second kappa shape index (κ2) is 14.3. The van der Waals surface area contributed by atoms with Crippen molar-refractivity contribution in [3.8, 4) is 11.5 Å². The summed E-state index contributed by atoms with van der Waals surface area (Å²) in [6.07, 6.45) is 3.14. The van der Waals surface area contributed by atoms with Crippen molar-refractivity contribution >= 4 is 29.0 Å². The first-order chi connectivity index (χ1) is 17.6. The van der Waals surface area contributed by atoms with Gasteiger partial charge in [-0.3, -0.25) is 4.90 Å². The van der Waals surface area contributed by atoms with Gasteiger partial charge in [0.2, 0.25) is 0 Å². The molecule has 9 heteroatoms. The van der Waals surface area contributed by atoms with E-state index in [1.807, 2.05) is 18.2 Å². The Hall–Kier alpha value is -2.65. The number of piperidine rings is 1. The van der Waals surface area contributed by atoms with Crippen LogP contribution >= 0.6 is 12.4 Å². The van der Waals surface area contributed by atoms with Crippen molar-refractivity contribution in [2.24, 2.45) is 0 Å². The lowest BCUT2D eigenvalue weighted by molar-refractivity contribution is 0.182. The summed E-state index contributed by atoms with van der Waals surface area (Å²) >= 11 is 0. The summed E-state index contributed by atoms with van der Waals surface area (Å²) < 4.78 is 16.6. The topological polar surface area (TPSA) is 72.0 Å². The van der Waals surface area contributed by atoms with Crippen molar-refractivity contribution in [3.63, 3.8) is 0 Å². The predicted octanol–water partition coefficient (Wildman–Crippen LogP) is 4.61. The van der Waals surface area contributed by atoms with Crippen molar-refractivity contribution in [3.05, 3.63) is 53.7 Å². The fourth-order valence-corrected chi connectivity index (χ4v) is 4.61.